The second kappa shape index (κ2) is 8.14. The first-order valence-corrected chi connectivity index (χ1v) is 10.6. The van der Waals surface area contributed by atoms with E-state index < -0.39 is 0 Å². The van der Waals surface area contributed by atoms with Gasteiger partial charge in [0.25, 0.3) is 5.91 Å². The molecule has 6 heteroatoms. The summed E-state index contributed by atoms with van der Waals surface area (Å²) in [5.41, 5.74) is 4.27. The zero-order valence-electron chi connectivity index (χ0n) is 16.4. The van der Waals surface area contributed by atoms with Gasteiger partial charge in [0.1, 0.15) is 12.4 Å². The lowest BCUT2D eigenvalue weighted by atomic mass is 10.0. The molecule has 0 aliphatic carbocycles. The third kappa shape index (κ3) is 3.80. The lowest BCUT2D eigenvalue weighted by Crippen LogP contribution is -2.07. The van der Waals surface area contributed by atoms with E-state index in [-0.39, 0.29) is 5.91 Å². The molecule has 1 amide bonds. The molecule has 1 aromatic heterocycles. The van der Waals surface area contributed by atoms with Crippen LogP contribution < -0.4 is 10.1 Å². The van der Waals surface area contributed by atoms with E-state index in [0.29, 0.717) is 34.5 Å². The van der Waals surface area contributed by atoms with E-state index >= 15 is 0 Å². The summed E-state index contributed by atoms with van der Waals surface area (Å²) < 4.78 is 8.00. The minimum absolute atomic E-state index is 0.129. The molecule has 31 heavy (non-hydrogen) atoms. The Labute approximate surface area is 189 Å². The number of hydrogen-bond acceptors (Lipinski definition) is 2. The van der Waals surface area contributed by atoms with E-state index in [2.05, 4.69) is 28.2 Å². The zero-order chi connectivity index (χ0) is 21.4. The number of nitrogens with zero attached hydrogens (tertiary/aromatic N) is 1. The molecule has 0 spiro atoms. The van der Waals surface area contributed by atoms with Gasteiger partial charge in [0.05, 0.1) is 17.3 Å². The summed E-state index contributed by atoms with van der Waals surface area (Å²) in [7, 11) is 0. The molecule has 0 radical (unpaired) electrons. The van der Waals surface area contributed by atoms with Gasteiger partial charge in [-0.2, -0.15) is 0 Å². The first-order chi connectivity index (χ1) is 15.1. The van der Waals surface area contributed by atoms with Gasteiger partial charge < -0.3 is 14.6 Å². The molecule has 4 nitrogen and oxygen atoms in total. The van der Waals surface area contributed by atoms with Crippen LogP contribution in [-0.4, -0.2) is 17.1 Å². The monoisotopic (exact) mass is 448 g/mol. The van der Waals surface area contributed by atoms with Crippen LogP contribution in [-0.2, 0) is 11.3 Å². The van der Waals surface area contributed by atoms with Gasteiger partial charge >= 0.3 is 0 Å². The molecule has 1 aliphatic heterocycles. The third-order valence-corrected chi connectivity index (χ3v) is 5.86. The van der Waals surface area contributed by atoms with E-state index in [1.165, 1.54) is 0 Å². The molecule has 0 atom stereocenters. The van der Waals surface area contributed by atoms with Gasteiger partial charge in [-0.05, 0) is 36.4 Å². The molecule has 4 aromatic rings. The molecule has 0 unspecified atom stereocenters. The Hall–Kier alpha value is -3.21. The molecule has 3 aromatic carbocycles. The Bertz CT molecular complexity index is 1340. The summed E-state index contributed by atoms with van der Waals surface area (Å²) in [6, 6.07) is 21.0. The normalized spacial score (nSPS) is 14.1. The second-order valence-electron chi connectivity index (χ2n) is 7.28. The molecule has 154 valence electrons. The van der Waals surface area contributed by atoms with Crippen LogP contribution in [0.2, 0.25) is 10.0 Å². The Morgan fingerprint density at radius 1 is 1.00 bits per heavy atom. The van der Waals surface area contributed by atoms with Crippen molar-refractivity contribution >= 4 is 57.3 Å². The molecule has 0 saturated carbocycles. The number of hydrogen-bond donors (Lipinski definition) is 1. The van der Waals surface area contributed by atoms with Crippen LogP contribution in [0.1, 0.15) is 11.1 Å². The van der Waals surface area contributed by atoms with Crippen LogP contribution in [0, 0.1) is 0 Å². The number of carbonyl (C=O) groups excluding carboxylic acids is 1. The maximum Gasteiger partial charge on any atom is 0.256 e. The molecule has 1 aliphatic rings. The highest BCUT2D eigenvalue weighted by Gasteiger charge is 2.24. The zero-order valence-corrected chi connectivity index (χ0v) is 18.0. The number of rotatable bonds is 5. The van der Waals surface area contributed by atoms with Crippen molar-refractivity contribution < 1.29 is 9.53 Å². The fourth-order valence-electron chi connectivity index (χ4n) is 3.86. The predicted octanol–water partition coefficient (Wildman–Crippen LogP) is 6.52. The summed E-state index contributed by atoms with van der Waals surface area (Å²) in [5, 5.41) is 5.15. The van der Waals surface area contributed by atoms with Crippen LogP contribution in [0.3, 0.4) is 0 Å². The number of benzene rings is 3. The number of fused-ring (bicyclic) bond motifs is 2. The SMILES string of the molecule is O=C1Nc2cc(Cl)ccc2/C1=C\c1cn(CCOc2ccccc2Cl)c2ccccc12. The van der Waals surface area contributed by atoms with Crippen LogP contribution in [0.4, 0.5) is 5.69 Å². The number of anilines is 1. The number of para-hydroxylation sites is 2. The topological polar surface area (TPSA) is 43.3 Å². The number of ether oxygens (including phenoxy) is 1. The fraction of sp³-hybridized carbons (Fsp3) is 0.0800. The number of nitrogens with one attached hydrogen (secondary N) is 1. The van der Waals surface area contributed by atoms with Gasteiger partial charge in [-0.1, -0.05) is 59.6 Å². The van der Waals surface area contributed by atoms with Gasteiger partial charge in [-0.3, -0.25) is 4.79 Å². The van der Waals surface area contributed by atoms with Crippen molar-refractivity contribution in [3.05, 3.63) is 94.1 Å². The maximum absolute atomic E-state index is 12.6. The van der Waals surface area contributed by atoms with Gasteiger partial charge in [0.15, 0.2) is 0 Å². The van der Waals surface area contributed by atoms with E-state index in [4.69, 9.17) is 27.9 Å². The van der Waals surface area contributed by atoms with Gasteiger partial charge in [-0.25, -0.2) is 0 Å². The Morgan fingerprint density at radius 3 is 2.68 bits per heavy atom. The third-order valence-electron chi connectivity index (χ3n) is 5.31. The first kappa shape index (κ1) is 19.7. The van der Waals surface area contributed by atoms with Crippen molar-refractivity contribution in [2.75, 3.05) is 11.9 Å². The molecule has 1 N–H and O–H groups in total. The molecule has 2 heterocycles. The standard InChI is InChI=1S/C25H18Cl2N2O2/c26-17-9-10-19-20(25(30)28-22(19)14-17)13-16-15-29(23-7-3-1-5-18(16)23)11-12-31-24-8-4-2-6-21(24)27/h1-10,13-15H,11-12H2,(H,28,30)/b20-13+. The van der Waals surface area contributed by atoms with Crippen molar-refractivity contribution in [2.45, 2.75) is 6.54 Å². The van der Waals surface area contributed by atoms with E-state index in [1.54, 1.807) is 12.1 Å². The van der Waals surface area contributed by atoms with Crippen molar-refractivity contribution in [3.8, 4) is 5.75 Å². The molecule has 0 bridgehead atoms. The van der Waals surface area contributed by atoms with E-state index in [9.17, 15) is 4.79 Å². The van der Waals surface area contributed by atoms with Crippen LogP contribution in [0.5, 0.6) is 5.75 Å². The van der Waals surface area contributed by atoms with Crippen molar-refractivity contribution in [3.63, 3.8) is 0 Å². The number of carbonyl (C=O) groups is 1. The first-order valence-electron chi connectivity index (χ1n) is 9.88. The average molecular weight is 449 g/mol. The summed E-state index contributed by atoms with van der Waals surface area (Å²) in [6.45, 7) is 1.12. The summed E-state index contributed by atoms with van der Waals surface area (Å²) >= 11 is 12.2. The van der Waals surface area contributed by atoms with E-state index in [0.717, 1.165) is 27.7 Å². The van der Waals surface area contributed by atoms with Gasteiger partial charge in [0.2, 0.25) is 0 Å². The smallest absolute Gasteiger partial charge is 0.256 e. The maximum atomic E-state index is 12.6. The van der Waals surface area contributed by atoms with Crippen molar-refractivity contribution in [2.24, 2.45) is 0 Å². The predicted molar refractivity (Wildman–Crippen MR) is 127 cm³/mol. The summed E-state index contributed by atoms with van der Waals surface area (Å²) in [5.74, 6) is 0.539. The summed E-state index contributed by atoms with van der Waals surface area (Å²) in [4.78, 5) is 12.6. The number of amides is 1. The highest BCUT2D eigenvalue weighted by atomic mass is 35.5. The van der Waals surface area contributed by atoms with E-state index in [1.807, 2.05) is 48.5 Å². The van der Waals surface area contributed by atoms with Crippen molar-refractivity contribution in [1.82, 2.24) is 4.57 Å². The van der Waals surface area contributed by atoms with Crippen LogP contribution in [0.25, 0.3) is 22.6 Å². The lowest BCUT2D eigenvalue weighted by Gasteiger charge is -2.09. The fourth-order valence-corrected chi connectivity index (χ4v) is 4.22. The molecule has 5 rings (SSSR count). The molecule has 0 fully saturated rings. The highest BCUT2D eigenvalue weighted by molar-refractivity contribution is 6.37. The quantitative estimate of drug-likeness (QED) is 0.353. The molecular weight excluding hydrogens is 431 g/mol. The lowest BCUT2D eigenvalue weighted by molar-refractivity contribution is -0.110. The number of aromatic nitrogens is 1. The molecule has 0 saturated heterocycles. The Kier molecular flexibility index (Phi) is 5.18. The number of halogens is 2. The van der Waals surface area contributed by atoms with Crippen LogP contribution >= 0.6 is 23.2 Å². The Balaban J connectivity index is 1.46. The van der Waals surface area contributed by atoms with Crippen LogP contribution in [0.15, 0.2) is 72.9 Å². The van der Waals surface area contributed by atoms with Gasteiger partial charge in [0, 0.05) is 38.8 Å². The van der Waals surface area contributed by atoms with Crippen molar-refractivity contribution in [1.29, 1.82) is 0 Å². The average Bonchev–Trinajstić information content (AvgIpc) is 3.27. The minimum atomic E-state index is -0.129. The minimum Gasteiger partial charge on any atom is -0.490 e. The van der Waals surface area contributed by atoms with Gasteiger partial charge in [-0.15, -0.1) is 0 Å². The molecular formula is C25H18Cl2N2O2. The largest absolute Gasteiger partial charge is 0.490 e. The highest BCUT2D eigenvalue weighted by Crippen LogP contribution is 2.36. The Morgan fingerprint density at radius 2 is 1.81 bits per heavy atom. The second-order valence-corrected chi connectivity index (χ2v) is 8.12. The summed E-state index contributed by atoms with van der Waals surface area (Å²) in [6.07, 6.45) is 3.98.